The van der Waals surface area contributed by atoms with E-state index in [2.05, 4.69) is 26.6 Å². The van der Waals surface area contributed by atoms with Gasteiger partial charge in [-0.05, 0) is 44.0 Å². The van der Waals surface area contributed by atoms with Crippen LogP contribution in [0.5, 0.6) is 11.5 Å². The second-order valence-corrected chi connectivity index (χ2v) is 6.65. The highest BCUT2D eigenvalue weighted by Gasteiger charge is 2.24. The van der Waals surface area contributed by atoms with Crippen LogP contribution >= 0.6 is 28.3 Å². The minimum absolute atomic E-state index is 0. The SMILES string of the molecule is CC(NC(=O)C1CCCNC1)c1cc2c(cc1Br)OCCO2.Cl. The molecule has 1 saturated heterocycles. The van der Waals surface area contributed by atoms with Crippen molar-refractivity contribution >= 4 is 34.2 Å². The van der Waals surface area contributed by atoms with E-state index in [1.165, 1.54) is 0 Å². The maximum Gasteiger partial charge on any atom is 0.224 e. The number of piperidine rings is 1. The molecule has 2 aliphatic heterocycles. The second-order valence-electron chi connectivity index (χ2n) is 5.79. The monoisotopic (exact) mass is 404 g/mol. The summed E-state index contributed by atoms with van der Waals surface area (Å²) >= 11 is 3.56. The Morgan fingerprint density at radius 3 is 2.70 bits per heavy atom. The predicted octanol–water partition coefficient (Wildman–Crippen LogP) is 2.82. The molecule has 1 fully saturated rings. The van der Waals surface area contributed by atoms with Gasteiger partial charge < -0.3 is 20.1 Å². The summed E-state index contributed by atoms with van der Waals surface area (Å²) in [5.74, 6) is 1.66. The van der Waals surface area contributed by atoms with Crippen molar-refractivity contribution in [2.75, 3.05) is 26.3 Å². The molecular weight excluding hydrogens is 384 g/mol. The number of halogens is 2. The van der Waals surface area contributed by atoms with Crippen LogP contribution in [0.3, 0.4) is 0 Å². The number of carbonyl (C=O) groups excluding carboxylic acids is 1. The average molecular weight is 406 g/mol. The lowest BCUT2D eigenvalue weighted by Gasteiger charge is -2.26. The first-order chi connectivity index (χ1) is 10.6. The lowest BCUT2D eigenvalue weighted by atomic mass is 9.98. The van der Waals surface area contributed by atoms with Crippen molar-refractivity contribution in [2.24, 2.45) is 5.92 Å². The first-order valence-electron chi connectivity index (χ1n) is 7.75. The van der Waals surface area contributed by atoms with Crippen LogP contribution in [0, 0.1) is 5.92 Å². The summed E-state index contributed by atoms with van der Waals surface area (Å²) < 4.78 is 12.1. The zero-order valence-corrected chi connectivity index (χ0v) is 15.5. The van der Waals surface area contributed by atoms with Gasteiger partial charge in [0.25, 0.3) is 0 Å². The standard InChI is InChI=1S/C16H21BrN2O3.ClH/c1-10(19-16(20)11-3-2-4-18-9-11)12-7-14-15(8-13(12)17)22-6-5-21-14;/h7-8,10-11,18H,2-6,9H2,1H3,(H,19,20);1H. The minimum atomic E-state index is -0.0837. The van der Waals surface area contributed by atoms with Crippen molar-refractivity contribution < 1.29 is 14.3 Å². The zero-order chi connectivity index (χ0) is 15.5. The molecule has 0 spiro atoms. The predicted molar refractivity (Wildman–Crippen MR) is 94.5 cm³/mol. The maximum atomic E-state index is 12.4. The van der Waals surface area contributed by atoms with Gasteiger partial charge in [-0.15, -0.1) is 12.4 Å². The molecule has 2 N–H and O–H groups in total. The van der Waals surface area contributed by atoms with Gasteiger partial charge in [-0.25, -0.2) is 0 Å². The first kappa shape index (κ1) is 18.4. The number of rotatable bonds is 3. The van der Waals surface area contributed by atoms with Crippen molar-refractivity contribution in [1.29, 1.82) is 0 Å². The highest BCUT2D eigenvalue weighted by molar-refractivity contribution is 9.10. The summed E-state index contributed by atoms with van der Waals surface area (Å²) in [5, 5.41) is 6.38. The summed E-state index contributed by atoms with van der Waals surface area (Å²) in [5.41, 5.74) is 1.00. The number of amides is 1. The van der Waals surface area contributed by atoms with E-state index in [0.29, 0.717) is 13.2 Å². The molecule has 0 aromatic heterocycles. The number of ether oxygens (including phenoxy) is 2. The number of nitrogens with one attached hydrogen (secondary N) is 2. The Balaban J connectivity index is 0.00000192. The van der Waals surface area contributed by atoms with Crippen molar-refractivity contribution in [3.63, 3.8) is 0 Å². The Kier molecular flexibility index (Phi) is 6.56. The van der Waals surface area contributed by atoms with Gasteiger partial charge in [-0.2, -0.15) is 0 Å². The molecule has 5 nitrogen and oxygen atoms in total. The van der Waals surface area contributed by atoms with Gasteiger partial charge in [0.15, 0.2) is 11.5 Å². The summed E-state index contributed by atoms with van der Waals surface area (Å²) in [7, 11) is 0. The fraction of sp³-hybridized carbons (Fsp3) is 0.562. The van der Waals surface area contributed by atoms with Crippen LogP contribution in [0.25, 0.3) is 0 Å². The third kappa shape index (κ3) is 4.31. The fourth-order valence-corrected chi connectivity index (χ4v) is 3.56. The van der Waals surface area contributed by atoms with Crippen LogP contribution in [0.4, 0.5) is 0 Å². The van der Waals surface area contributed by atoms with E-state index < -0.39 is 0 Å². The average Bonchev–Trinajstić information content (AvgIpc) is 2.54. The van der Waals surface area contributed by atoms with E-state index in [1.807, 2.05) is 19.1 Å². The van der Waals surface area contributed by atoms with Crippen molar-refractivity contribution in [2.45, 2.75) is 25.8 Å². The van der Waals surface area contributed by atoms with Gasteiger partial charge >= 0.3 is 0 Å². The Morgan fingerprint density at radius 2 is 2.04 bits per heavy atom. The first-order valence-corrected chi connectivity index (χ1v) is 8.54. The lowest BCUT2D eigenvalue weighted by molar-refractivity contribution is -0.126. The molecule has 0 aliphatic carbocycles. The molecule has 2 aliphatic rings. The molecule has 2 atom stereocenters. The topological polar surface area (TPSA) is 59.6 Å². The summed E-state index contributed by atoms with van der Waals surface area (Å²) in [6.45, 7) is 4.89. The molecule has 1 amide bonds. The van der Waals surface area contributed by atoms with Gasteiger partial charge in [0.1, 0.15) is 13.2 Å². The lowest BCUT2D eigenvalue weighted by Crippen LogP contribution is -2.41. The Morgan fingerprint density at radius 1 is 1.35 bits per heavy atom. The molecule has 3 rings (SSSR count). The Bertz CT molecular complexity index is 565. The van der Waals surface area contributed by atoms with Crippen LogP contribution in [0.2, 0.25) is 0 Å². The number of hydrogen-bond donors (Lipinski definition) is 2. The highest BCUT2D eigenvalue weighted by Crippen LogP contribution is 2.37. The molecule has 0 radical (unpaired) electrons. The minimum Gasteiger partial charge on any atom is -0.486 e. The van der Waals surface area contributed by atoms with E-state index in [-0.39, 0.29) is 30.3 Å². The van der Waals surface area contributed by atoms with Crippen LogP contribution in [-0.4, -0.2) is 32.2 Å². The molecule has 128 valence electrons. The van der Waals surface area contributed by atoms with E-state index in [9.17, 15) is 4.79 Å². The summed E-state index contributed by atoms with van der Waals surface area (Å²) in [6, 6.07) is 3.77. The second kappa shape index (κ2) is 8.22. The molecule has 1 aromatic rings. The van der Waals surface area contributed by atoms with Crippen LogP contribution in [0.1, 0.15) is 31.4 Å². The van der Waals surface area contributed by atoms with E-state index in [0.717, 1.165) is 47.5 Å². The Labute approximate surface area is 151 Å². The van der Waals surface area contributed by atoms with Gasteiger partial charge in [0, 0.05) is 11.0 Å². The third-order valence-corrected chi connectivity index (χ3v) is 4.84. The van der Waals surface area contributed by atoms with Crippen molar-refractivity contribution in [3.8, 4) is 11.5 Å². The van der Waals surface area contributed by atoms with E-state index in [1.54, 1.807) is 0 Å². The van der Waals surface area contributed by atoms with Crippen LogP contribution in [-0.2, 0) is 4.79 Å². The number of benzene rings is 1. The fourth-order valence-electron chi connectivity index (χ4n) is 2.90. The summed E-state index contributed by atoms with van der Waals surface area (Å²) in [6.07, 6.45) is 2.01. The summed E-state index contributed by atoms with van der Waals surface area (Å²) in [4.78, 5) is 12.4. The molecule has 0 saturated carbocycles. The molecule has 2 unspecified atom stereocenters. The molecule has 0 bridgehead atoms. The molecule has 7 heteroatoms. The van der Waals surface area contributed by atoms with Gasteiger partial charge in [0.05, 0.1) is 12.0 Å². The number of hydrogen-bond acceptors (Lipinski definition) is 4. The normalized spacial score (nSPS) is 21.0. The zero-order valence-electron chi connectivity index (χ0n) is 13.1. The quantitative estimate of drug-likeness (QED) is 0.812. The van der Waals surface area contributed by atoms with E-state index in [4.69, 9.17) is 9.47 Å². The molecule has 1 aromatic carbocycles. The number of fused-ring (bicyclic) bond motifs is 1. The van der Waals surface area contributed by atoms with Crippen LogP contribution in [0.15, 0.2) is 16.6 Å². The third-order valence-electron chi connectivity index (χ3n) is 4.15. The molecular formula is C16H22BrClN2O3. The largest absolute Gasteiger partial charge is 0.486 e. The van der Waals surface area contributed by atoms with Gasteiger partial charge in [0.2, 0.25) is 5.91 Å². The van der Waals surface area contributed by atoms with Crippen molar-refractivity contribution in [1.82, 2.24) is 10.6 Å². The molecule has 2 heterocycles. The van der Waals surface area contributed by atoms with Gasteiger partial charge in [-0.3, -0.25) is 4.79 Å². The molecule has 23 heavy (non-hydrogen) atoms. The Hall–Kier alpha value is -0.980. The smallest absolute Gasteiger partial charge is 0.224 e. The van der Waals surface area contributed by atoms with E-state index >= 15 is 0 Å². The number of carbonyl (C=O) groups is 1. The maximum absolute atomic E-state index is 12.4. The van der Waals surface area contributed by atoms with Crippen LogP contribution < -0.4 is 20.1 Å². The van der Waals surface area contributed by atoms with Crippen molar-refractivity contribution in [3.05, 3.63) is 22.2 Å². The highest BCUT2D eigenvalue weighted by atomic mass is 79.9. The van der Waals surface area contributed by atoms with Gasteiger partial charge in [-0.1, -0.05) is 15.9 Å².